The highest BCUT2D eigenvalue weighted by molar-refractivity contribution is 5.97. The van der Waals surface area contributed by atoms with Crippen LogP contribution in [0.5, 0.6) is 0 Å². The summed E-state index contributed by atoms with van der Waals surface area (Å²) in [5.41, 5.74) is 0.808. The van der Waals surface area contributed by atoms with E-state index in [4.69, 9.17) is 0 Å². The van der Waals surface area contributed by atoms with Crippen molar-refractivity contribution >= 4 is 11.8 Å². The normalized spacial score (nSPS) is 14.7. The van der Waals surface area contributed by atoms with Gasteiger partial charge in [-0.1, -0.05) is 37.1 Å². The molecule has 0 spiro atoms. The van der Waals surface area contributed by atoms with Crippen LogP contribution in [0.15, 0.2) is 48.5 Å². The summed E-state index contributed by atoms with van der Waals surface area (Å²) in [6, 6.07) is 11.5. The molecule has 0 aromatic heterocycles. The van der Waals surface area contributed by atoms with E-state index in [1.165, 1.54) is 12.1 Å². The predicted octanol–water partition coefficient (Wildman–Crippen LogP) is 4.16. The molecule has 0 unspecified atom stereocenters. The summed E-state index contributed by atoms with van der Waals surface area (Å²) in [5.74, 6) is -0.630. The molecular formula is C21H21F3N2O2. The number of benzene rings is 2. The Kier molecular flexibility index (Phi) is 6.02. The van der Waals surface area contributed by atoms with Crippen LogP contribution in [0.1, 0.15) is 41.6 Å². The highest BCUT2D eigenvalue weighted by Gasteiger charge is 2.30. The van der Waals surface area contributed by atoms with Gasteiger partial charge in [0.2, 0.25) is 5.91 Å². The van der Waals surface area contributed by atoms with Crippen LogP contribution < -0.4 is 10.6 Å². The molecule has 0 radical (unpaired) electrons. The number of alkyl halides is 3. The zero-order valence-corrected chi connectivity index (χ0v) is 15.2. The molecule has 0 heterocycles. The summed E-state index contributed by atoms with van der Waals surface area (Å²) in [6.07, 6.45) is -0.245. The van der Waals surface area contributed by atoms with E-state index in [1.54, 1.807) is 24.3 Å². The molecule has 3 rings (SSSR count). The Bertz CT molecular complexity index is 841. The third kappa shape index (κ3) is 5.12. The van der Waals surface area contributed by atoms with E-state index >= 15 is 0 Å². The topological polar surface area (TPSA) is 58.2 Å². The number of halogens is 3. The first-order chi connectivity index (χ1) is 13.3. The molecule has 4 nitrogen and oxygen atoms in total. The molecule has 2 N–H and O–H groups in total. The SMILES string of the molecule is O=C(CNC(=O)c1cccc(-c2ccc(C(F)(F)F)cc2)c1)NC1CCCC1. The molecule has 0 saturated heterocycles. The zero-order valence-electron chi connectivity index (χ0n) is 15.2. The molecule has 7 heteroatoms. The summed E-state index contributed by atoms with van der Waals surface area (Å²) < 4.78 is 38.1. The fourth-order valence-corrected chi connectivity index (χ4v) is 3.30. The van der Waals surface area contributed by atoms with E-state index in [-0.39, 0.29) is 18.5 Å². The fourth-order valence-electron chi connectivity index (χ4n) is 3.30. The number of carbonyl (C=O) groups excluding carboxylic acids is 2. The molecule has 28 heavy (non-hydrogen) atoms. The molecule has 0 bridgehead atoms. The van der Waals surface area contributed by atoms with E-state index < -0.39 is 17.6 Å². The molecule has 2 aromatic rings. The second-order valence-electron chi connectivity index (χ2n) is 6.89. The summed E-state index contributed by atoms with van der Waals surface area (Å²) >= 11 is 0. The Morgan fingerprint density at radius 1 is 0.964 bits per heavy atom. The van der Waals surface area contributed by atoms with Crippen molar-refractivity contribution in [1.82, 2.24) is 10.6 Å². The summed E-state index contributed by atoms with van der Waals surface area (Å²) in [7, 11) is 0. The van der Waals surface area contributed by atoms with Gasteiger partial charge in [-0.3, -0.25) is 9.59 Å². The van der Waals surface area contributed by atoms with E-state index in [2.05, 4.69) is 10.6 Å². The molecule has 0 aliphatic heterocycles. The average molecular weight is 390 g/mol. The van der Waals surface area contributed by atoms with Crippen molar-refractivity contribution in [3.05, 3.63) is 59.7 Å². The second kappa shape index (κ2) is 8.46. The van der Waals surface area contributed by atoms with Gasteiger partial charge in [-0.15, -0.1) is 0 Å². The van der Waals surface area contributed by atoms with Crippen molar-refractivity contribution in [3.8, 4) is 11.1 Å². The average Bonchev–Trinajstić information content (AvgIpc) is 3.18. The van der Waals surface area contributed by atoms with Crippen molar-refractivity contribution in [2.75, 3.05) is 6.54 Å². The highest BCUT2D eigenvalue weighted by atomic mass is 19.4. The smallest absolute Gasteiger partial charge is 0.352 e. The van der Waals surface area contributed by atoms with Crippen LogP contribution >= 0.6 is 0 Å². The number of carbonyl (C=O) groups is 2. The molecule has 2 aromatic carbocycles. The van der Waals surface area contributed by atoms with Gasteiger partial charge in [0.15, 0.2) is 0 Å². The maximum absolute atomic E-state index is 12.7. The van der Waals surface area contributed by atoms with E-state index in [0.717, 1.165) is 37.8 Å². The number of nitrogens with one attached hydrogen (secondary N) is 2. The van der Waals surface area contributed by atoms with E-state index in [9.17, 15) is 22.8 Å². The molecule has 148 valence electrons. The van der Waals surface area contributed by atoms with Crippen molar-refractivity contribution < 1.29 is 22.8 Å². The zero-order chi connectivity index (χ0) is 20.1. The molecule has 1 saturated carbocycles. The Hall–Kier alpha value is -2.83. The first kappa shape index (κ1) is 19.9. The van der Waals surface area contributed by atoms with Crippen molar-refractivity contribution in [1.29, 1.82) is 0 Å². The standard InChI is InChI=1S/C21H21F3N2O2/c22-21(23,24)17-10-8-14(9-11-17)15-4-3-5-16(12-15)20(28)25-13-19(27)26-18-6-1-2-7-18/h3-5,8-12,18H,1-2,6-7,13H2,(H,25,28)(H,26,27). The minimum Gasteiger partial charge on any atom is -0.352 e. The lowest BCUT2D eigenvalue weighted by Crippen LogP contribution is -2.40. The van der Waals surface area contributed by atoms with Gasteiger partial charge in [-0.25, -0.2) is 0 Å². The monoisotopic (exact) mass is 390 g/mol. The minimum atomic E-state index is -4.39. The first-order valence-electron chi connectivity index (χ1n) is 9.18. The number of hydrogen-bond acceptors (Lipinski definition) is 2. The van der Waals surface area contributed by atoms with Crippen LogP contribution in [-0.4, -0.2) is 24.4 Å². The third-order valence-electron chi connectivity index (χ3n) is 4.80. The molecule has 0 atom stereocenters. The lowest BCUT2D eigenvalue weighted by Gasteiger charge is -2.12. The lowest BCUT2D eigenvalue weighted by atomic mass is 10.0. The first-order valence-corrected chi connectivity index (χ1v) is 9.18. The second-order valence-corrected chi connectivity index (χ2v) is 6.89. The lowest BCUT2D eigenvalue weighted by molar-refractivity contribution is -0.137. The summed E-state index contributed by atoms with van der Waals surface area (Å²) in [4.78, 5) is 24.2. The maximum atomic E-state index is 12.7. The van der Waals surface area contributed by atoms with E-state index in [1.807, 2.05) is 0 Å². The molecular weight excluding hydrogens is 369 g/mol. The summed E-state index contributed by atoms with van der Waals surface area (Å²) in [5, 5.41) is 5.48. The van der Waals surface area contributed by atoms with Gasteiger partial charge in [0.25, 0.3) is 5.91 Å². The van der Waals surface area contributed by atoms with Gasteiger partial charge in [0.05, 0.1) is 12.1 Å². The molecule has 1 aliphatic rings. The van der Waals surface area contributed by atoms with Gasteiger partial charge in [-0.05, 0) is 48.2 Å². The van der Waals surface area contributed by atoms with Gasteiger partial charge in [0.1, 0.15) is 0 Å². The molecule has 1 fully saturated rings. The van der Waals surface area contributed by atoms with Crippen molar-refractivity contribution in [2.45, 2.75) is 37.9 Å². The van der Waals surface area contributed by atoms with Gasteiger partial charge >= 0.3 is 6.18 Å². The van der Waals surface area contributed by atoms with E-state index in [0.29, 0.717) is 16.7 Å². The number of rotatable bonds is 5. The summed E-state index contributed by atoms with van der Waals surface area (Å²) in [6.45, 7) is -0.111. The van der Waals surface area contributed by atoms with Crippen LogP contribution in [0.25, 0.3) is 11.1 Å². The van der Waals surface area contributed by atoms with Crippen LogP contribution in [0.2, 0.25) is 0 Å². The Morgan fingerprint density at radius 3 is 2.29 bits per heavy atom. The van der Waals surface area contributed by atoms with Gasteiger partial charge in [-0.2, -0.15) is 13.2 Å². The quantitative estimate of drug-likeness (QED) is 0.805. The Morgan fingerprint density at radius 2 is 1.64 bits per heavy atom. The predicted molar refractivity (Wildman–Crippen MR) is 99.6 cm³/mol. The number of amides is 2. The fraction of sp³-hybridized carbons (Fsp3) is 0.333. The van der Waals surface area contributed by atoms with Crippen LogP contribution in [0.4, 0.5) is 13.2 Å². The molecule has 2 amide bonds. The van der Waals surface area contributed by atoms with Gasteiger partial charge in [0, 0.05) is 11.6 Å². The van der Waals surface area contributed by atoms with Crippen LogP contribution in [0.3, 0.4) is 0 Å². The van der Waals surface area contributed by atoms with Gasteiger partial charge < -0.3 is 10.6 Å². The van der Waals surface area contributed by atoms with Crippen molar-refractivity contribution in [3.63, 3.8) is 0 Å². The Balaban J connectivity index is 1.62. The largest absolute Gasteiger partial charge is 0.416 e. The number of hydrogen-bond donors (Lipinski definition) is 2. The van der Waals surface area contributed by atoms with Crippen LogP contribution in [-0.2, 0) is 11.0 Å². The van der Waals surface area contributed by atoms with Crippen molar-refractivity contribution in [2.24, 2.45) is 0 Å². The minimum absolute atomic E-state index is 0.111. The third-order valence-corrected chi connectivity index (χ3v) is 4.80. The Labute approximate surface area is 161 Å². The molecule has 1 aliphatic carbocycles. The maximum Gasteiger partial charge on any atom is 0.416 e. The highest BCUT2D eigenvalue weighted by Crippen LogP contribution is 2.31. The van der Waals surface area contributed by atoms with Crippen LogP contribution in [0, 0.1) is 0 Å².